The van der Waals surface area contributed by atoms with Crippen molar-refractivity contribution in [3.05, 3.63) is 72.3 Å². The third-order valence-corrected chi connectivity index (χ3v) is 7.28. The van der Waals surface area contributed by atoms with E-state index in [2.05, 4.69) is 14.8 Å². The summed E-state index contributed by atoms with van der Waals surface area (Å²) >= 11 is 0. The molecule has 3 aromatic rings. The van der Waals surface area contributed by atoms with Crippen molar-refractivity contribution in [1.82, 2.24) is 0 Å². The second-order valence-electron chi connectivity index (χ2n) is 8.42. The van der Waals surface area contributed by atoms with E-state index in [4.69, 9.17) is 4.74 Å². The van der Waals surface area contributed by atoms with E-state index in [0.717, 1.165) is 19.3 Å². The molecule has 0 bridgehead atoms. The lowest BCUT2D eigenvalue weighted by molar-refractivity contribution is -0.0498. The predicted molar refractivity (Wildman–Crippen MR) is 137 cm³/mol. The highest BCUT2D eigenvalue weighted by molar-refractivity contribution is 7.92. The van der Waals surface area contributed by atoms with Gasteiger partial charge in [0.15, 0.2) is 0 Å². The topological polar surface area (TPSA) is 97.0 Å². The Labute approximate surface area is 214 Å². The number of piperidine rings is 1. The third kappa shape index (κ3) is 6.67. The number of alkyl halides is 2. The Balaban J connectivity index is 1.64. The lowest BCUT2D eigenvalue weighted by atomic mass is 10.1. The monoisotopic (exact) mass is 531 g/mol. The number of hydrogen-bond acceptors (Lipinski definition) is 6. The molecule has 1 aliphatic heterocycles. The Hall–Kier alpha value is -3.86. The summed E-state index contributed by atoms with van der Waals surface area (Å²) in [6.45, 7) is -1.59. The molecule has 2 N–H and O–H groups in total. The number of carbonyl (C=O) groups is 1. The number of nitrogens with zero attached hydrogens (tertiary/aromatic N) is 1. The van der Waals surface area contributed by atoms with Crippen LogP contribution < -0.4 is 24.4 Å². The number of benzene rings is 3. The summed E-state index contributed by atoms with van der Waals surface area (Å²) in [6.07, 6.45) is 2.97. The van der Waals surface area contributed by atoms with Gasteiger partial charge in [0.1, 0.15) is 16.4 Å². The molecule has 0 spiro atoms. The van der Waals surface area contributed by atoms with E-state index in [0.29, 0.717) is 30.2 Å². The first-order chi connectivity index (χ1) is 17.7. The minimum absolute atomic E-state index is 0.0119. The summed E-state index contributed by atoms with van der Waals surface area (Å²) < 4.78 is 64.2. The summed E-state index contributed by atoms with van der Waals surface area (Å²) in [6, 6.07) is 16.5. The van der Waals surface area contributed by atoms with Crippen LogP contribution in [0, 0.1) is 0 Å². The Morgan fingerprint density at radius 1 is 0.919 bits per heavy atom. The minimum atomic E-state index is -4.04. The molecule has 11 heteroatoms. The quantitative estimate of drug-likeness (QED) is 0.387. The van der Waals surface area contributed by atoms with Gasteiger partial charge in [0.25, 0.3) is 15.9 Å². The molecule has 1 aliphatic rings. The Morgan fingerprint density at radius 2 is 1.62 bits per heavy atom. The SMILES string of the molecule is COc1ccc(NS(=O)(=O)c2cc(NC(=O)c3cccc(OC(F)F)c3)ccc2N2CCCCC2)cc1. The van der Waals surface area contributed by atoms with E-state index in [1.54, 1.807) is 36.4 Å². The van der Waals surface area contributed by atoms with Crippen molar-refractivity contribution in [3.63, 3.8) is 0 Å². The van der Waals surface area contributed by atoms with E-state index >= 15 is 0 Å². The number of amides is 1. The minimum Gasteiger partial charge on any atom is -0.497 e. The van der Waals surface area contributed by atoms with Crippen molar-refractivity contribution in [1.29, 1.82) is 0 Å². The van der Waals surface area contributed by atoms with Crippen LogP contribution in [0.4, 0.5) is 25.8 Å². The highest BCUT2D eigenvalue weighted by Crippen LogP contribution is 2.32. The average molecular weight is 532 g/mol. The molecule has 0 unspecified atom stereocenters. The molecule has 0 atom stereocenters. The van der Waals surface area contributed by atoms with Crippen molar-refractivity contribution in [2.24, 2.45) is 0 Å². The number of hydrogen-bond donors (Lipinski definition) is 2. The van der Waals surface area contributed by atoms with Crippen LogP contribution in [0.25, 0.3) is 0 Å². The number of carbonyl (C=O) groups excluding carboxylic acids is 1. The van der Waals surface area contributed by atoms with E-state index in [1.165, 1.54) is 37.4 Å². The Bertz CT molecular complexity index is 1340. The normalized spacial score (nSPS) is 13.8. The van der Waals surface area contributed by atoms with Gasteiger partial charge in [-0.2, -0.15) is 8.78 Å². The number of halogens is 2. The maximum absolute atomic E-state index is 13.5. The van der Waals surface area contributed by atoms with E-state index in [9.17, 15) is 22.0 Å². The fraction of sp³-hybridized carbons (Fsp3) is 0.269. The predicted octanol–water partition coefficient (Wildman–Crippen LogP) is 5.34. The first-order valence-corrected chi connectivity index (χ1v) is 13.2. The second-order valence-corrected chi connectivity index (χ2v) is 10.1. The number of anilines is 3. The van der Waals surface area contributed by atoms with Crippen molar-refractivity contribution in [2.75, 3.05) is 35.1 Å². The molecular weight excluding hydrogens is 504 g/mol. The highest BCUT2D eigenvalue weighted by atomic mass is 32.2. The fourth-order valence-corrected chi connectivity index (χ4v) is 5.40. The maximum Gasteiger partial charge on any atom is 0.387 e. The summed E-state index contributed by atoms with van der Waals surface area (Å²) in [5, 5.41) is 2.65. The standard InChI is InChI=1S/C26H27F2N3O5S/c1-35-21-11-8-19(9-12-21)30-37(33,34)24-17-20(10-13-23(24)31-14-3-2-4-15-31)29-25(32)18-6-5-7-22(16-18)36-26(27)28/h5-13,16-17,26,30H,2-4,14-15H2,1H3,(H,29,32). The van der Waals surface area contributed by atoms with Crippen molar-refractivity contribution in [2.45, 2.75) is 30.8 Å². The summed E-state index contributed by atoms with van der Waals surface area (Å²) in [4.78, 5) is 14.8. The molecule has 4 rings (SSSR count). The molecule has 3 aromatic carbocycles. The van der Waals surface area contributed by atoms with Gasteiger partial charge < -0.3 is 19.7 Å². The molecule has 1 saturated heterocycles. The van der Waals surface area contributed by atoms with E-state index in [1.807, 2.05) is 4.90 Å². The van der Waals surface area contributed by atoms with Gasteiger partial charge in [-0.3, -0.25) is 9.52 Å². The van der Waals surface area contributed by atoms with Gasteiger partial charge >= 0.3 is 6.61 Å². The summed E-state index contributed by atoms with van der Waals surface area (Å²) in [5.74, 6) is -0.170. The first kappa shape index (κ1) is 26.2. The van der Waals surface area contributed by atoms with E-state index in [-0.39, 0.29) is 21.9 Å². The highest BCUT2D eigenvalue weighted by Gasteiger charge is 2.24. The van der Waals surface area contributed by atoms with E-state index < -0.39 is 22.5 Å². The van der Waals surface area contributed by atoms with Gasteiger partial charge in [0.2, 0.25) is 0 Å². The van der Waals surface area contributed by atoms with Crippen LogP contribution in [0.5, 0.6) is 11.5 Å². The van der Waals surface area contributed by atoms with Crippen LogP contribution in [-0.2, 0) is 10.0 Å². The van der Waals surface area contributed by atoms with Gasteiger partial charge in [-0.05, 0) is 79.9 Å². The van der Waals surface area contributed by atoms with Crippen LogP contribution in [0.15, 0.2) is 71.6 Å². The Morgan fingerprint density at radius 3 is 2.30 bits per heavy atom. The van der Waals surface area contributed by atoms with Gasteiger partial charge in [-0.15, -0.1) is 0 Å². The molecule has 0 saturated carbocycles. The molecule has 37 heavy (non-hydrogen) atoms. The molecule has 1 heterocycles. The number of ether oxygens (including phenoxy) is 2. The second kappa shape index (κ2) is 11.5. The van der Waals surface area contributed by atoms with Crippen LogP contribution in [0.1, 0.15) is 29.6 Å². The van der Waals surface area contributed by atoms with Crippen LogP contribution >= 0.6 is 0 Å². The lowest BCUT2D eigenvalue weighted by Gasteiger charge is -2.30. The number of nitrogens with one attached hydrogen (secondary N) is 2. The molecule has 1 amide bonds. The molecular formula is C26H27F2N3O5S. The number of sulfonamides is 1. The first-order valence-electron chi connectivity index (χ1n) is 11.7. The maximum atomic E-state index is 13.5. The largest absolute Gasteiger partial charge is 0.497 e. The lowest BCUT2D eigenvalue weighted by Crippen LogP contribution is -2.31. The molecule has 0 radical (unpaired) electrons. The molecule has 0 aliphatic carbocycles. The molecule has 196 valence electrons. The van der Waals surface area contributed by atoms with Gasteiger partial charge in [0.05, 0.1) is 12.8 Å². The summed E-state index contributed by atoms with van der Waals surface area (Å²) in [5.41, 5.74) is 1.21. The number of rotatable bonds is 9. The number of methoxy groups -OCH3 is 1. The smallest absolute Gasteiger partial charge is 0.387 e. The van der Waals surface area contributed by atoms with Gasteiger partial charge in [-0.25, -0.2) is 8.42 Å². The van der Waals surface area contributed by atoms with Gasteiger partial charge in [-0.1, -0.05) is 6.07 Å². The van der Waals surface area contributed by atoms with Crippen molar-refractivity contribution >= 4 is 33.0 Å². The molecule has 0 aromatic heterocycles. The zero-order valence-corrected chi connectivity index (χ0v) is 20.9. The average Bonchev–Trinajstić information content (AvgIpc) is 2.89. The summed E-state index contributed by atoms with van der Waals surface area (Å²) in [7, 11) is -2.52. The zero-order chi connectivity index (χ0) is 26.4. The third-order valence-electron chi connectivity index (χ3n) is 5.87. The van der Waals surface area contributed by atoms with Crippen LogP contribution in [0.3, 0.4) is 0 Å². The van der Waals surface area contributed by atoms with Crippen LogP contribution in [-0.4, -0.2) is 41.1 Å². The zero-order valence-electron chi connectivity index (χ0n) is 20.1. The molecule has 8 nitrogen and oxygen atoms in total. The van der Waals surface area contributed by atoms with Gasteiger partial charge in [0, 0.05) is 30.0 Å². The fourth-order valence-electron chi connectivity index (χ4n) is 4.09. The van der Waals surface area contributed by atoms with Crippen LogP contribution in [0.2, 0.25) is 0 Å². The van der Waals surface area contributed by atoms with Crippen molar-refractivity contribution < 1.29 is 31.5 Å². The Kier molecular flexibility index (Phi) is 8.12. The van der Waals surface area contributed by atoms with Crippen molar-refractivity contribution in [3.8, 4) is 11.5 Å². The molecule has 1 fully saturated rings.